The van der Waals surface area contributed by atoms with E-state index in [4.69, 9.17) is 0 Å². The van der Waals surface area contributed by atoms with Crippen LogP contribution in [-0.2, 0) is 0 Å². The normalized spacial score (nSPS) is 11.3. The molecule has 3 aromatic rings. The summed E-state index contributed by atoms with van der Waals surface area (Å²) in [5, 5.41) is 15.2. The van der Waals surface area contributed by atoms with Gasteiger partial charge in [-0.25, -0.2) is 4.98 Å². The molecule has 0 unspecified atom stereocenters. The van der Waals surface area contributed by atoms with Crippen LogP contribution in [0.2, 0.25) is 0 Å². The number of rotatable bonds is 6. The quantitative estimate of drug-likeness (QED) is 0.373. The van der Waals surface area contributed by atoms with Crippen molar-refractivity contribution >= 4 is 17.7 Å². The lowest BCUT2D eigenvalue weighted by Crippen LogP contribution is -2.01. The summed E-state index contributed by atoms with van der Waals surface area (Å²) in [4.78, 5) is 14.5. The predicted octanol–water partition coefficient (Wildman–Crippen LogP) is 4.97. The van der Waals surface area contributed by atoms with E-state index in [0.717, 1.165) is 22.6 Å². The van der Waals surface area contributed by atoms with E-state index in [1.165, 1.54) is 23.9 Å². The van der Waals surface area contributed by atoms with Crippen LogP contribution in [0.5, 0.6) is 0 Å². The van der Waals surface area contributed by atoms with Crippen LogP contribution in [0.3, 0.4) is 0 Å². The van der Waals surface area contributed by atoms with E-state index in [-0.39, 0.29) is 11.5 Å². The molecule has 0 aliphatic carbocycles. The van der Waals surface area contributed by atoms with Crippen LogP contribution in [0.1, 0.15) is 42.3 Å². The highest BCUT2D eigenvalue weighted by Crippen LogP contribution is 2.23. The van der Waals surface area contributed by atoms with Gasteiger partial charge in [0, 0.05) is 34.9 Å². The van der Waals surface area contributed by atoms with Gasteiger partial charge >= 0.3 is 5.69 Å². The summed E-state index contributed by atoms with van der Waals surface area (Å²) < 4.78 is 2.16. The maximum absolute atomic E-state index is 11.1. The van der Waals surface area contributed by atoms with E-state index < -0.39 is 4.92 Å². The minimum atomic E-state index is -0.489. The standard InChI is InChI=1S/C21H23N5O2/c1-14(2)17-7-9-19(10-8-17)25-15(3)12-18(16(25)4)13-23-24-21-20(26(27)28)6-5-11-22-21/h5-14H,1-4H3,(H,22,24)/b23-13-. The van der Waals surface area contributed by atoms with Gasteiger partial charge in [0.05, 0.1) is 11.1 Å². The number of anilines is 1. The molecule has 2 aromatic heterocycles. The first-order valence-corrected chi connectivity index (χ1v) is 9.06. The number of benzene rings is 1. The van der Waals surface area contributed by atoms with Gasteiger partial charge in [0.25, 0.3) is 0 Å². The summed E-state index contributed by atoms with van der Waals surface area (Å²) in [5.74, 6) is 0.604. The van der Waals surface area contributed by atoms with Crippen molar-refractivity contribution in [3.05, 3.63) is 81.3 Å². The maximum Gasteiger partial charge on any atom is 0.313 e. The highest BCUT2D eigenvalue weighted by atomic mass is 16.6. The molecule has 28 heavy (non-hydrogen) atoms. The van der Waals surface area contributed by atoms with Gasteiger partial charge in [-0.05, 0) is 49.6 Å². The lowest BCUT2D eigenvalue weighted by Gasteiger charge is -2.12. The SMILES string of the molecule is Cc1cc(/C=N\Nc2ncccc2[N+](=O)[O-])c(C)n1-c1ccc(C(C)C)cc1. The number of hydrogen-bond acceptors (Lipinski definition) is 5. The molecule has 0 bridgehead atoms. The molecule has 0 aliphatic heterocycles. The molecular weight excluding hydrogens is 354 g/mol. The highest BCUT2D eigenvalue weighted by Gasteiger charge is 2.13. The number of nitrogens with one attached hydrogen (secondary N) is 1. The molecule has 7 nitrogen and oxygen atoms in total. The molecule has 0 saturated carbocycles. The van der Waals surface area contributed by atoms with E-state index >= 15 is 0 Å². The molecule has 0 radical (unpaired) electrons. The zero-order valence-corrected chi connectivity index (χ0v) is 16.4. The third-order valence-corrected chi connectivity index (χ3v) is 4.65. The van der Waals surface area contributed by atoms with E-state index in [0.29, 0.717) is 5.92 Å². The van der Waals surface area contributed by atoms with Crippen LogP contribution >= 0.6 is 0 Å². The van der Waals surface area contributed by atoms with Crippen LogP contribution in [0.4, 0.5) is 11.5 Å². The second kappa shape index (κ2) is 8.04. The van der Waals surface area contributed by atoms with Crippen molar-refractivity contribution < 1.29 is 4.92 Å². The minimum absolute atomic E-state index is 0.113. The van der Waals surface area contributed by atoms with Crippen molar-refractivity contribution in [2.75, 3.05) is 5.43 Å². The molecular formula is C21H23N5O2. The molecule has 144 valence electrons. The summed E-state index contributed by atoms with van der Waals surface area (Å²) in [6, 6.07) is 13.5. The Labute approximate surface area is 163 Å². The zero-order chi connectivity index (χ0) is 20.3. The summed E-state index contributed by atoms with van der Waals surface area (Å²) in [6.45, 7) is 8.41. The monoisotopic (exact) mass is 377 g/mol. The maximum atomic E-state index is 11.1. The molecule has 3 rings (SSSR count). The Morgan fingerprint density at radius 1 is 1.21 bits per heavy atom. The average molecular weight is 377 g/mol. The van der Waals surface area contributed by atoms with E-state index in [1.807, 2.05) is 19.9 Å². The number of hydrazone groups is 1. The lowest BCUT2D eigenvalue weighted by molar-refractivity contribution is -0.384. The average Bonchev–Trinajstić information content (AvgIpc) is 2.95. The first-order chi connectivity index (χ1) is 13.4. The van der Waals surface area contributed by atoms with Crippen molar-refractivity contribution in [1.29, 1.82) is 0 Å². The van der Waals surface area contributed by atoms with Gasteiger partial charge in [0.1, 0.15) is 0 Å². The molecule has 2 heterocycles. The fraction of sp³-hybridized carbons (Fsp3) is 0.238. The summed E-state index contributed by atoms with van der Waals surface area (Å²) in [5.41, 5.74) is 7.99. The fourth-order valence-corrected chi connectivity index (χ4v) is 3.12. The molecule has 0 spiro atoms. The molecule has 0 atom stereocenters. The zero-order valence-electron chi connectivity index (χ0n) is 16.4. The Morgan fingerprint density at radius 3 is 2.57 bits per heavy atom. The van der Waals surface area contributed by atoms with Crippen LogP contribution in [0, 0.1) is 24.0 Å². The molecule has 1 N–H and O–H groups in total. The van der Waals surface area contributed by atoms with Crippen LogP contribution < -0.4 is 5.43 Å². The summed E-state index contributed by atoms with van der Waals surface area (Å²) in [6.07, 6.45) is 3.14. The molecule has 1 aromatic carbocycles. The number of nitro groups is 1. The van der Waals surface area contributed by atoms with Gasteiger partial charge in [-0.2, -0.15) is 5.10 Å². The summed E-state index contributed by atoms with van der Waals surface area (Å²) >= 11 is 0. The molecule has 0 aliphatic rings. The van der Waals surface area contributed by atoms with Gasteiger partial charge in [-0.1, -0.05) is 26.0 Å². The minimum Gasteiger partial charge on any atom is -0.318 e. The van der Waals surface area contributed by atoms with Gasteiger partial charge in [-0.3, -0.25) is 15.5 Å². The third-order valence-electron chi connectivity index (χ3n) is 4.65. The lowest BCUT2D eigenvalue weighted by atomic mass is 10.0. The Bertz CT molecular complexity index is 1020. The molecule has 0 amide bonds. The van der Waals surface area contributed by atoms with Crippen molar-refractivity contribution in [1.82, 2.24) is 9.55 Å². The Morgan fingerprint density at radius 2 is 1.93 bits per heavy atom. The van der Waals surface area contributed by atoms with Crippen molar-refractivity contribution in [2.45, 2.75) is 33.6 Å². The van der Waals surface area contributed by atoms with Crippen LogP contribution in [0.15, 0.2) is 53.8 Å². The van der Waals surface area contributed by atoms with Gasteiger partial charge in [0.15, 0.2) is 0 Å². The number of aryl methyl sites for hydroxylation is 1. The van der Waals surface area contributed by atoms with Crippen molar-refractivity contribution in [3.8, 4) is 5.69 Å². The van der Waals surface area contributed by atoms with E-state index in [2.05, 4.69) is 58.2 Å². The Balaban J connectivity index is 1.84. The smallest absolute Gasteiger partial charge is 0.313 e. The number of aromatic nitrogens is 2. The second-order valence-electron chi connectivity index (χ2n) is 6.91. The van der Waals surface area contributed by atoms with E-state index in [9.17, 15) is 10.1 Å². The Hall–Kier alpha value is -3.48. The van der Waals surface area contributed by atoms with Crippen LogP contribution in [-0.4, -0.2) is 20.7 Å². The first kappa shape index (κ1) is 19.3. The number of pyridine rings is 1. The number of nitrogens with zero attached hydrogens (tertiary/aromatic N) is 4. The molecule has 0 saturated heterocycles. The summed E-state index contributed by atoms with van der Waals surface area (Å²) in [7, 11) is 0. The van der Waals surface area contributed by atoms with Crippen molar-refractivity contribution in [2.24, 2.45) is 5.10 Å². The van der Waals surface area contributed by atoms with E-state index in [1.54, 1.807) is 6.21 Å². The molecule has 7 heteroatoms. The largest absolute Gasteiger partial charge is 0.318 e. The fourth-order valence-electron chi connectivity index (χ4n) is 3.12. The predicted molar refractivity (Wildman–Crippen MR) is 111 cm³/mol. The molecule has 0 fully saturated rings. The topological polar surface area (TPSA) is 85.3 Å². The van der Waals surface area contributed by atoms with Gasteiger partial charge < -0.3 is 4.57 Å². The van der Waals surface area contributed by atoms with Gasteiger partial charge in [-0.15, -0.1) is 0 Å². The Kier molecular flexibility index (Phi) is 5.54. The third kappa shape index (κ3) is 3.93. The van der Waals surface area contributed by atoms with Crippen LogP contribution in [0.25, 0.3) is 5.69 Å². The van der Waals surface area contributed by atoms with Gasteiger partial charge in [0.2, 0.25) is 5.82 Å². The first-order valence-electron chi connectivity index (χ1n) is 9.06. The number of hydrogen-bond donors (Lipinski definition) is 1. The highest BCUT2D eigenvalue weighted by molar-refractivity contribution is 5.83. The second-order valence-corrected chi connectivity index (χ2v) is 6.91. The van der Waals surface area contributed by atoms with Crippen molar-refractivity contribution in [3.63, 3.8) is 0 Å².